The van der Waals surface area contributed by atoms with Gasteiger partial charge < -0.3 is 15.5 Å². The number of rotatable bonds is 3. The molecule has 1 amide bonds. The lowest BCUT2D eigenvalue weighted by molar-refractivity contribution is 0.0670. The molecule has 0 saturated carbocycles. The van der Waals surface area contributed by atoms with Crippen LogP contribution in [0.2, 0.25) is 0 Å². The molecule has 2 N–H and O–H groups in total. The first kappa shape index (κ1) is 19.7. The van der Waals surface area contributed by atoms with Crippen LogP contribution in [0.1, 0.15) is 9.67 Å². The maximum absolute atomic E-state index is 13.3. The van der Waals surface area contributed by atoms with E-state index in [0.29, 0.717) is 10.6 Å². The number of fused-ring (bicyclic) bond motifs is 1. The highest BCUT2D eigenvalue weighted by Crippen LogP contribution is 2.41. The minimum atomic E-state index is 0.00822. The Bertz CT molecular complexity index is 1230. The second-order valence-corrected chi connectivity index (χ2v) is 8.91. The Morgan fingerprint density at radius 3 is 2.19 bits per heavy atom. The fourth-order valence-corrected chi connectivity index (χ4v) is 5.12. The van der Waals surface area contributed by atoms with Crippen molar-refractivity contribution in [2.75, 3.05) is 39.0 Å². The first-order valence-electron chi connectivity index (χ1n) is 10.4. The van der Waals surface area contributed by atoms with Crippen molar-refractivity contribution in [3.05, 3.63) is 71.6 Å². The predicted octanol–water partition coefficient (Wildman–Crippen LogP) is 4.60. The van der Waals surface area contributed by atoms with Gasteiger partial charge >= 0.3 is 0 Å². The van der Waals surface area contributed by atoms with Crippen molar-refractivity contribution in [2.45, 2.75) is 0 Å². The number of carbonyl (C=O) groups excluding carboxylic acids is 1. The van der Waals surface area contributed by atoms with Gasteiger partial charge in [0.25, 0.3) is 5.91 Å². The number of nitrogens with two attached hydrogens (primary N) is 1. The van der Waals surface area contributed by atoms with Gasteiger partial charge in [0, 0.05) is 37.1 Å². The number of piperazine rings is 1. The molecule has 31 heavy (non-hydrogen) atoms. The highest BCUT2D eigenvalue weighted by molar-refractivity contribution is 7.21. The van der Waals surface area contributed by atoms with Crippen molar-refractivity contribution in [1.82, 2.24) is 14.8 Å². The number of aromatic nitrogens is 1. The maximum atomic E-state index is 13.3. The van der Waals surface area contributed by atoms with Gasteiger partial charge in [-0.2, -0.15) is 0 Å². The largest absolute Gasteiger partial charge is 0.397 e. The molecular weight excluding hydrogens is 404 g/mol. The third-order valence-corrected chi connectivity index (χ3v) is 6.93. The fourth-order valence-electron chi connectivity index (χ4n) is 4.04. The zero-order valence-electron chi connectivity index (χ0n) is 17.4. The summed E-state index contributed by atoms with van der Waals surface area (Å²) in [6.07, 6.45) is 0. The highest BCUT2D eigenvalue weighted by atomic mass is 32.1. The zero-order valence-corrected chi connectivity index (χ0v) is 18.2. The molecule has 156 valence electrons. The number of hydrogen-bond acceptors (Lipinski definition) is 5. The molecule has 0 spiro atoms. The van der Waals surface area contributed by atoms with Crippen LogP contribution in [0.25, 0.3) is 32.6 Å². The van der Waals surface area contributed by atoms with Crippen molar-refractivity contribution in [2.24, 2.45) is 0 Å². The SMILES string of the molecule is CN1CCN(C(=O)c2sc3nc(-c4ccccc4)cc(-c4ccccc4)c3c2N)CC1. The Morgan fingerprint density at radius 2 is 1.55 bits per heavy atom. The number of nitrogens with zero attached hydrogens (tertiary/aromatic N) is 3. The molecule has 0 radical (unpaired) electrons. The molecule has 1 saturated heterocycles. The van der Waals surface area contributed by atoms with Crippen LogP contribution in [-0.2, 0) is 0 Å². The summed E-state index contributed by atoms with van der Waals surface area (Å²) in [6.45, 7) is 3.19. The van der Waals surface area contributed by atoms with Crippen molar-refractivity contribution in [3.63, 3.8) is 0 Å². The van der Waals surface area contributed by atoms with Gasteiger partial charge in [-0.05, 0) is 24.2 Å². The van der Waals surface area contributed by atoms with Gasteiger partial charge in [0.2, 0.25) is 0 Å². The molecule has 5 nitrogen and oxygen atoms in total. The molecule has 1 aliphatic rings. The van der Waals surface area contributed by atoms with Crippen LogP contribution in [0.15, 0.2) is 66.7 Å². The number of carbonyl (C=O) groups is 1. The zero-order chi connectivity index (χ0) is 21.4. The van der Waals surface area contributed by atoms with E-state index < -0.39 is 0 Å². The fraction of sp³-hybridized carbons (Fsp3) is 0.200. The highest BCUT2D eigenvalue weighted by Gasteiger charge is 2.26. The molecule has 3 heterocycles. The summed E-state index contributed by atoms with van der Waals surface area (Å²) < 4.78 is 0. The number of pyridine rings is 1. The number of anilines is 1. The number of thiophene rings is 1. The van der Waals surface area contributed by atoms with Gasteiger partial charge in [-0.1, -0.05) is 60.7 Å². The summed E-state index contributed by atoms with van der Waals surface area (Å²) in [6, 6.07) is 22.4. The lowest BCUT2D eigenvalue weighted by Gasteiger charge is -2.32. The second-order valence-electron chi connectivity index (χ2n) is 7.91. The topological polar surface area (TPSA) is 62.5 Å². The first-order valence-corrected chi connectivity index (χ1v) is 11.2. The molecule has 0 unspecified atom stereocenters. The molecular formula is C25H24N4OS. The molecule has 1 fully saturated rings. The molecule has 0 atom stereocenters. The van der Waals surface area contributed by atoms with E-state index in [9.17, 15) is 4.79 Å². The van der Waals surface area contributed by atoms with Crippen LogP contribution in [-0.4, -0.2) is 53.9 Å². The van der Waals surface area contributed by atoms with Gasteiger partial charge in [0.1, 0.15) is 9.71 Å². The molecule has 1 aliphatic heterocycles. The molecule has 2 aromatic heterocycles. The summed E-state index contributed by atoms with van der Waals surface area (Å²) in [4.78, 5) is 23.8. The summed E-state index contributed by atoms with van der Waals surface area (Å²) in [5.74, 6) is 0.00822. The van der Waals surface area contributed by atoms with Crippen molar-refractivity contribution >= 4 is 33.1 Å². The summed E-state index contributed by atoms with van der Waals surface area (Å²) in [5, 5.41) is 0.869. The second kappa shape index (κ2) is 8.13. The quantitative estimate of drug-likeness (QED) is 0.518. The number of likely N-dealkylation sites (N-methyl/N-ethyl adjacent to an activating group) is 1. The normalized spacial score (nSPS) is 14.8. The number of benzene rings is 2. The van der Waals surface area contributed by atoms with Gasteiger partial charge in [-0.3, -0.25) is 4.79 Å². The molecule has 0 bridgehead atoms. The smallest absolute Gasteiger partial charge is 0.266 e. The van der Waals surface area contributed by atoms with Crippen LogP contribution in [0.3, 0.4) is 0 Å². The van der Waals surface area contributed by atoms with Crippen LogP contribution in [0.4, 0.5) is 5.69 Å². The average Bonchev–Trinajstić information content (AvgIpc) is 3.16. The average molecular weight is 429 g/mol. The Kier molecular flexibility index (Phi) is 5.18. The van der Waals surface area contributed by atoms with Gasteiger partial charge in [0.15, 0.2) is 0 Å². The third kappa shape index (κ3) is 3.69. The molecule has 6 heteroatoms. The van der Waals surface area contributed by atoms with E-state index >= 15 is 0 Å². The van der Waals surface area contributed by atoms with Crippen LogP contribution in [0, 0.1) is 0 Å². The van der Waals surface area contributed by atoms with E-state index in [1.807, 2.05) is 41.3 Å². The van der Waals surface area contributed by atoms with E-state index in [1.165, 1.54) is 11.3 Å². The number of nitrogen functional groups attached to an aromatic ring is 1. The minimum absolute atomic E-state index is 0.00822. The number of amides is 1. The lowest BCUT2D eigenvalue weighted by Crippen LogP contribution is -2.47. The molecule has 5 rings (SSSR count). The first-order chi connectivity index (χ1) is 15.1. The van der Waals surface area contributed by atoms with Crippen molar-refractivity contribution < 1.29 is 4.79 Å². The molecule has 4 aromatic rings. The molecule has 2 aromatic carbocycles. The van der Waals surface area contributed by atoms with Crippen LogP contribution < -0.4 is 5.73 Å². The van der Waals surface area contributed by atoms with E-state index in [2.05, 4.69) is 42.3 Å². The van der Waals surface area contributed by atoms with Gasteiger partial charge in [-0.15, -0.1) is 11.3 Å². The Balaban J connectivity index is 1.67. The van der Waals surface area contributed by atoms with Gasteiger partial charge in [0.05, 0.1) is 11.4 Å². The van der Waals surface area contributed by atoms with E-state index in [1.54, 1.807) is 0 Å². The third-order valence-electron chi connectivity index (χ3n) is 5.84. The van der Waals surface area contributed by atoms with Crippen LogP contribution in [0.5, 0.6) is 0 Å². The van der Waals surface area contributed by atoms with Crippen molar-refractivity contribution in [1.29, 1.82) is 0 Å². The Morgan fingerprint density at radius 1 is 0.935 bits per heavy atom. The monoisotopic (exact) mass is 428 g/mol. The standard InChI is InChI=1S/C25H24N4OS/c1-28-12-14-29(15-13-28)25(30)23-22(26)21-19(17-8-4-2-5-9-17)16-20(27-24(21)31-23)18-10-6-3-7-11-18/h2-11,16H,12-15,26H2,1H3. The van der Waals surface area contributed by atoms with E-state index in [4.69, 9.17) is 10.7 Å². The van der Waals surface area contributed by atoms with E-state index in [-0.39, 0.29) is 5.91 Å². The maximum Gasteiger partial charge on any atom is 0.266 e. The Hall–Kier alpha value is -3.22. The predicted molar refractivity (Wildman–Crippen MR) is 128 cm³/mol. The lowest BCUT2D eigenvalue weighted by atomic mass is 9.99. The van der Waals surface area contributed by atoms with E-state index in [0.717, 1.165) is 58.8 Å². The summed E-state index contributed by atoms with van der Waals surface area (Å²) in [7, 11) is 2.08. The Labute approximate surface area is 185 Å². The van der Waals surface area contributed by atoms with Gasteiger partial charge in [-0.25, -0.2) is 4.98 Å². The van der Waals surface area contributed by atoms with Crippen molar-refractivity contribution in [3.8, 4) is 22.4 Å². The van der Waals surface area contributed by atoms with Crippen LogP contribution >= 0.6 is 11.3 Å². The summed E-state index contributed by atoms with van der Waals surface area (Å²) >= 11 is 1.40. The summed E-state index contributed by atoms with van der Waals surface area (Å²) in [5.41, 5.74) is 11.1. The minimum Gasteiger partial charge on any atom is -0.397 e. The number of hydrogen-bond donors (Lipinski definition) is 1. The molecule has 0 aliphatic carbocycles.